The molecule has 2 N–H and O–H groups in total. The number of hydrogen-bond acceptors (Lipinski definition) is 6. The lowest BCUT2D eigenvalue weighted by atomic mass is 10.1. The van der Waals surface area contributed by atoms with Crippen molar-refractivity contribution in [3.05, 3.63) is 52.3 Å². The van der Waals surface area contributed by atoms with Crippen LogP contribution in [-0.4, -0.2) is 26.0 Å². The van der Waals surface area contributed by atoms with Crippen molar-refractivity contribution in [3.63, 3.8) is 0 Å². The molecule has 0 radical (unpaired) electrons. The lowest BCUT2D eigenvalue weighted by molar-refractivity contribution is -0.141. The number of anilines is 2. The van der Waals surface area contributed by atoms with E-state index in [1.54, 1.807) is 0 Å². The zero-order chi connectivity index (χ0) is 25.8. The summed E-state index contributed by atoms with van der Waals surface area (Å²) in [5, 5.41) is 12.0. The maximum absolute atomic E-state index is 12.9. The SMILES string of the molecule is CC.CC(C)c1sc(Nc2ncc(C(F)(F)F)cc2C(=O)O)nc1-c1ccc(C(F)(F)F)nc1. The van der Waals surface area contributed by atoms with E-state index >= 15 is 0 Å². The maximum Gasteiger partial charge on any atom is 0.433 e. The Morgan fingerprint density at radius 1 is 1.03 bits per heavy atom. The summed E-state index contributed by atoms with van der Waals surface area (Å²) in [5.41, 5.74) is -2.39. The van der Waals surface area contributed by atoms with Gasteiger partial charge in [0.1, 0.15) is 17.1 Å². The van der Waals surface area contributed by atoms with Gasteiger partial charge in [-0.05, 0) is 24.1 Å². The molecule has 0 aliphatic rings. The molecule has 0 atom stereocenters. The molecule has 3 rings (SSSR count). The number of halogens is 6. The van der Waals surface area contributed by atoms with Gasteiger partial charge in [0, 0.05) is 22.8 Å². The molecule has 0 aromatic carbocycles. The number of alkyl halides is 6. The van der Waals surface area contributed by atoms with Crippen LogP contribution in [0.15, 0.2) is 30.6 Å². The van der Waals surface area contributed by atoms with Crippen molar-refractivity contribution in [2.45, 2.75) is 46.0 Å². The summed E-state index contributed by atoms with van der Waals surface area (Å²) in [4.78, 5) is 23.4. The molecule has 34 heavy (non-hydrogen) atoms. The number of aromatic nitrogens is 3. The van der Waals surface area contributed by atoms with E-state index in [4.69, 9.17) is 0 Å². The number of nitrogens with one attached hydrogen (secondary N) is 1. The third-order valence-electron chi connectivity index (χ3n) is 4.18. The molecule has 184 valence electrons. The van der Waals surface area contributed by atoms with Crippen LogP contribution in [0.25, 0.3) is 11.3 Å². The monoisotopic (exact) mass is 506 g/mol. The summed E-state index contributed by atoms with van der Waals surface area (Å²) in [6.07, 6.45) is -7.86. The number of nitrogens with zero attached hydrogens (tertiary/aromatic N) is 3. The molecule has 0 aliphatic carbocycles. The third-order valence-corrected chi connectivity index (χ3v) is 5.45. The lowest BCUT2D eigenvalue weighted by Crippen LogP contribution is -2.11. The van der Waals surface area contributed by atoms with E-state index in [0.29, 0.717) is 28.4 Å². The van der Waals surface area contributed by atoms with Crippen molar-refractivity contribution in [3.8, 4) is 11.3 Å². The first-order chi connectivity index (χ1) is 15.8. The second kappa shape index (κ2) is 10.4. The molecular weight excluding hydrogens is 486 g/mol. The third kappa shape index (κ3) is 6.22. The van der Waals surface area contributed by atoms with E-state index in [9.17, 15) is 36.2 Å². The van der Waals surface area contributed by atoms with Crippen molar-refractivity contribution in [2.75, 3.05) is 5.32 Å². The smallest absolute Gasteiger partial charge is 0.433 e. The van der Waals surface area contributed by atoms with Crippen LogP contribution in [0.3, 0.4) is 0 Å². The fourth-order valence-electron chi connectivity index (χ4n) is 2.67. The number of aromatic carboxylic acids is 1. The van der Waals surface area contributed by atoms with Crippen molar-refractivity contribution in [2.24, 2.45) is 0 Å². The van der Waals surface area contributed by atoms with Gasteiger partial charge in [0.2, 0.25) is 0 Å². The van der Waals surface area contributed by atoms with Crippen LogP contribution in [0.1, 0.15) is 60.1 Å². The van der Waals surface area contributed by atoms with Crippen LogP contribution in [0.5, 0.6) is 0 Å². The van der Waals surface area contributed by atoms with Crippen molar-refractivity contribution >= 4 is 28.3 Å². The molecule has 6 nitrogen and oxygen atoms in total. The largest absolute Gasteiger partial charge is 0.478 e. The number of carbonyl (C=O) groups is 1. The second-order valence-electron chi connectivity index (χ2n) is 6.86. The topological polar surface area (TPSA) is 88.0 Å². The van der Waals surface area contributed by atoms with Crippen molar-refractivity contribution < 1.29 is 36.2 Å². The summed E-state index contributed by atoms with van der Waals surface area (Å²) < 4.78 is 77.0. The van der Waals surface area contributed by atoms with Crippen LogP contribution in [0.2, 0.25) is 0 Å². The summed E-state index contributed by atoms with van der Waals surface area (Å²) in [6, 6.07) is 2.47. The van der Waals surface area contributed by atoms with Crippen molar-refractivity contribution in [1.29, 1.82) is 0 Å². The first-order valence-electron chi connectivity index (χ1n) is 9.89. The zero-order valence-electron chi connectivity index (χ0n) is 18.3. The summed E-state index contributed by atoms with van der Waals surface area (Å²) >= 11 is 1.07. The van der Waals surface area contributed by atoms with E-state index in [-0.39, 0.29) is 16.9 Å². The van der Waals surface area contributed by atoms with Crippen LogP contribution in [-0.2, 0) is 12.4 Å². The predicted octanol–water partition coefficient (Wildman–Crippen LogP) is 7.23. The second-order valence-corrected chi connectivity index (χ2v) is 7.90. The van der Waals surface area contributed by atoms with Gasteiger partial charge in [-0.25, -0.2) is 14.8 Å². The van der Waals surface area contributed by atoms with Crippen LogP contribution >= 0.6 is 11.3 Å². The molecule has 3 heterocycles. The Bertz CT molecular complexity index is 1140. The fourth-order valence-corrected chi connectivity index (χ4v) is 3.66. The van der Waals surface area contributed by atoms with E-state index in [2.05, 4.69) is 20.3 Å². The molecular formula is C21H20F6N4O2S. The molecule has 0 saturated carbocycles. The fraction of sp³-hybridized carbons (Fsp3) is 0.333. The Morgan fingerprint density at radius 2 is 1.68 bits per heavy atom. The number of carboxylic acid groups (broad SMARTS) is 1. The molecule has 13 heteroatoms. The van der Waals surface area contributed by atoms with E-state index in [1.165, 1.54) is 6.07 Å². The number of rotatable bonds is 5. The first kappa shape index (κ1) is 27.0. The quantitative estimate of drug-likeness (QED) is 0.355. The van der Waals surface area contributed by atoms with Gasteiger partial charge in [-0.1, -0.05) is 27.7 Å². The Kier molecular flexibility index (Phi) is 8.24. The van der Waals surface area contributed by atoms with Gasteiger partial charge in [-0.2, -0.15) is 26.3 Å². The van der Waals surface area contributed by atoms with Crippen LogP contribution in [0, 0.1) is 0 Å². The number of carboxylic acids is 1. The molecule has 0 spiro atoms. The van der Waals surface area contributed by atoms with Crippen molar-refractivity contribution in [1.82, 2.24) is 15.0 Å². The average molecular weight is 506 g/mol. The molecule has 0 fully saturated rings. The van der Waals surface area contributed by atoms with Crippen LogP contribution < -0.4 is 5.32 Å². The molecule has 0 bridgehead atoms. The molecule has 0 saturated heterocycles. The standard InChI is InChI=1S/C19H14F6N4O2S.C2H6/c1-8(2)14-13(9-3-4-12(26-6-9)19(23,24)25)28-17(32-14)29-15-11(16(30)31)5-10(7-27-15)18(20,21)22;1-2/h3-8H,1-2H3,(H,30,31)(H,27,28,29);1-2H3. The van der Waals surface area contributed by atoms with Gasteiger partial charge >= 0.3 is 18.3 Å². The van der Waals surface area contributed by atoms with Gasteiger partial charge in [0.25, 0.3) is 0 Å². The highest BCUT2D eigenvalue weighted by atomic mass is 32.1. The molecule has 0 aliphatic heterocycles. The molecule has 0 amide bonds. The minimum absolute atomic E-state index is 0.110. The number of pyridine rings is 2. The van der Waals surface area contributed by atoms with Gasteiger partial charge < -0.3 is 10.4 Å². The summed E-state index contributed by atoms with van der Waals surface area (Å²) in [7, 11) is 0. The maximum atomic E-state index is 12.9. The Balaban J connectivity index is 0.00000199. The normalized spacial score (nSPS) is 11.7. The average Bonchev–Trinajstić information content (AvgIpc) is 3.18. The Labute approximate surface area is 194 Å². The van der Waals surface area contributed by atoms with Crippen LogP contribution in [0.4, 0.5) is 37.3 Å². The summed E-state index contributed by atoms with van der Waals surface area (Å²) in [6.45, 7) is 7.63. The van der Waals surface area contributed by atoms with Gasteiger partial charge in [0.05, 0.1) is 11.3 Å². The summed E-state index contributed by atoms with van der Waals surface area (Å²) in [5.74, 6) is -2.09. The minimum Gasteiger partial charge on any atom is -0.478 e. The Hall–Kier alpha value is -3.22. The minimum atomic E-state index is -4.77. The predicted molar refractivity (Wildman–Crippen MR) is 115 cm³/mol. The zero-order valence-corrected chi connectivity index (χ0v) is 19.2. The molecule has 3 aromatic heterocycles. The van der Waals surface area contributed by atoms with E-state index < -0.39 is 35.1 Å². The number of thiazole rings is 1. The van der Waals surface area contributed by atoms with Gasteiger partial charge in [-0.3, -0.25) is 4.98 Å². The lowest BCUT2D eigenvalue weighted by Gasteiger charge is -2.10. The molecule has 3 aromatic rings. The Morgan fingerprint density at radius 3 is 2.15 bits per heavy atom. The first-order valence-corrected chi connectivity index (χ1v) is 10.7. The highest BCUT2D eigenvalue weighted by Crippen LogP contribution is 2.38. The van der Waals surface area contributed by atoms with E-state index in [1.807, 2.05) is 27.7 Å². The highest BCUT2D eigenvalue weighted by molar-refractivity contribution is 7.16. The van der Waals surface area contributed by atoms with Gasteiger partial charge in [-0.15, -0.1) is 11.3 Å². The molecule has 0 unspecified atom stereocenters. The highest BCUT2D eigenvalue weighted by Gasteiger charge is 2.33. The number of hydrogen-bond donors (Lipinski definition) is 2. The van der Waals surface area contributed by atoms with Gasteiger partial charge in [0.15, 0.2) is 5.13 Å². The van der Waals surface area contributed by atoms with E-state index in [0.717, 1.165) is 23.6 Å².